The summed E-state index contributed by atoms with van der Waals surface area (Å²) in [7, 11) is 0. The van der Waals surface area contributed by atoms with E-state index in [1.807, 2.05) is 0 Å². The molecule has 1 aromatic carbocycles. The van der Waals surface area contributed by atoms with Crippen molar-refractivity contribution in [3.05, 3.63) is 47.1 Å². The predicted molar refractivity (Wildman–Crippen MR) is 75.2 cm³/mol. The van der Waals surface area contributed by atoms with Gasteiger partial charge in [-0.25, -0.2) is 13.6 Å². The number of aromatic nitrogens is 2. The van der Waals surface area contributed by atoms with Crippen molar-refractivity contribution < 1.29 is 23.2 Å². The van der Waals surface area contributed by atoms with Crippen molar-refractivity contribution >= 4 is 6.03 Å². The molecule has 124 valence electrons. The Morgan fingerprint density at radius 1 is 1.39 bits per heavy atom. The number of nitrogens with zero attached hydrogens (tertiary/aromatic N) is 2. The lowest BCUT2D eigenvalue weighted by Crippen LogP contribution is -2.43. The standard InChI is InChI=1S/C14H16F2N4O3/c1-7(13(21)9-3-4-10(15)11(16)5-9)18-14(22)17-6-12-19-8(2)20-23-12/h3-5,7,13,21H,6H2,1-2H3,(H2,17,18,22). The molecular weight excluding hydrogens is 310 g/mol. The fourth-order valence-electron chi connectivity index (χ4n) is 1.89. The summed E-state index contributed by atoms with van der Waals surface area (Å²) in [6.07, 6.45) is -1.19. The van der Waals surface area contributed by atoms with E-state index in [9.17, 15) is 18.7 Å². The van der Waals surface area contributed by atoms with Crippen LogP contribution in [0.5, 0.6) is 0 Å². The van der Waals surface area contributed by atoms with Crippen LogP contribution in [0.3, 0.4) is 0 Å². The Morgan fingerprint density at radius 2 is 2.13 bits per heavy atom. The first-order chi connectivity index (χ1) is 10.9. The molecule has 2 aromatic rings. The molecule has 0 aliphatic carbocycles. The summed E-state index contributed by atoms with van der Waals surface area (Å²) < 4.78 is 30.9. The summed E-state index contributed by atoms with van der Waals surface area (Å²) in [6.45, 7) is 3.20. The van der Waals surface area contributed by atoms with Gasteiger partial charge < -0.3 is 20.3 Å². The Labute approximate surface area is 130 Å². The fraction of sp³-hybridized carbons (Fsp3) is 0.357. The van der Waals surface area contributed by atoms with Crippen LogP contribution in [-0.4, -0.2) is 27.3 Å². The van der Waals surface area contributed by atoms with Crippen molar-refractivity contribution in [3.63, 3.8) is 0 Å². The number of carbonyl (C=O) groups is 1. The first-order valence-electron chi connectivity index (χ1n) is 6.83. The van der Waals surface area contributed by atoms with Gasteiger partial charge in [0.1, 0.15) is 0 Å². The lowest BCUT2D eigenvalue weighted by atomic mass is 10.0. The Bertz CT molecular complexity index is 692. The highest BCUT2D eigenvalue weighted by atomic mass is 19.2. The van der Waals surface area contributed by atoms with Gasteiger partial charge in [-0.1, -0.05) is 11.2 Å². The summed E-state index contributed by atoms with van der Waals surface area (Å²) in [6, 6.07) is 1.75. The number of rotatable bonds is 5. The zero-order valence-corrected chi connectivity index (χ0v) is 12.5. The maximum absolute atomic E-state index is 13.2. The Morgan fingerprint density at radius 3 is 2.74 bits per heavy atom. The van der Waals surface area contributed by atoms with E-state index in [0.29, 0.717) is 5.82 Å². The summed E-state index contributed by atoms with van der Waals surface area (Å²) in [5.74, 6) is -1.38. The van der Waals surface area contributed by atoms with Gasteiger partial charge in [-0.3, -0.25) is 0 Å². The molecule has 0 aliphatic rings. The summed E-state index contributed by atoms with van der Waals surface area (Å²) in [5.41, 5.74) is 0.157. The van der Waals surface area contributed by atoms with Crippen molar-refractivity contribution in [2.24, 2.45) is 0 Å². The van der Waals surface area contributed by atoms with E-state index in [1.165, 1.54) is 13.0 Å². The Kier molecular flexibility index (Phi) is 5.22. The normalized spacial score (nSPS) is 13.4. The molecule has 0 spiro atoms. The number of nitrogens with one attached hydrogen (secondary N) is 2. The zero-order chi connectivity index (χ0) is 17.0. The number of aliphatic hydroxyl groups is 1. The molecule has 2 amide bonds. The molecule has 2 atom stereocenters. The van der Waals surface area contributed by atoms with Gasteiger partial charge in [-0.15, -0.1) is 0 Å². The van der Waals surface area contributed by atoms with E-state index < -0.39 is 29.8 Å². The number of carbonyl (C=O) groups excluding carboxylic acids is 1. The number of amides is 2. The van der Waals surface area contributed by atoms with Crippen LogP contribution in [0.1, 0.15) is 30.3 Å². The molecule has 1 heterocycles. The first kappa shape index (κ1) is 16.8. The van der Waals surface area contributed by atoms with Crippen LogP contribution in [0.25, 0.3) is 0 Å². The van der Waals surface area contributed by atoms with E-state index in [0.717, 1.165) is 12.1 Å². The number of hydrogen-bond donors (Lipinski definition) is 3. The lowest BCUT2D eigenvalue weighted by molar-refractivity contribution is 0.136. The molecule has 0 aliphatic heterocycles. The van der Waals surface area contributed by atoms with Gasteiger partial charge >= 0.3 is 6.03 Å². The maximum atomic E-state index is 13.2. The van der Waals surface area contributed by atoms with Crippen molar-refractivity contribution in [2.45, 2.75) is 32.5 Å². The van der Waals surface area contributed by atoms with Gasteiger partial charge in [-0.2, -0.15) is 4.98 Å². The Hall–Kier alpha value is -2.55. The molecule has 0 saturated carbocycles. The minimum absolute atomic E-state index is 0.0284. The molecule has 3 N–H and O–H groups in total. The smallest absolute Gasteiger partial charge is 0.315 e. The molecule has 0 saturated heterocycles. The molecular formula is C14H16F2N4O3. The number of aliphatic hydroxyl groups excluding tert-OH is 1. The second-order valence-electron chi connectivity index (χ2n) is 4.97. The van der Waals surface area contributed by atoms with Crippen LogP contribution >= 0.6 is 0 Å². The highest BCUT2D eigenvalue weighted by molar-refractivity contribution is 5.74. The largest absolute Gasteiger partial charge is 0.386 e. The third-order valence-electron chi connectivity index (χ3n) is 3.09. The molecule has 2 unspecified atom stereocenters. The molecule has 7 nitrogen and oxygen atoms in total. The molecule has 1 aromatic heterocycles. The molecule has 0 radical (unpaired) electrons. The van der Waals surface area contributed by atoms with Crippen molar-refractivity contribution in [1.29, 1.82) is 0 Å². The Balaban J connectivity index is 1.88. The molecule has 23 heavy (non-hydrogen) atoms. The third kappa shape index (κ3) is 4.46. The highest BCUT2D eigenvalue weighted by Crippen LogP contribution is 2.19. The molecule has 0 bridgehead atoms. The lowest BCUT2D eigenvalue weighted by Gasteiger charge is -2.20. The summed E-state index contributed by atoms with van der Waals surface area (Å²) in [4.78, 5) is 15.6. The van der Waals surface area contributed by atoms with E-state index in [2.05, 4.69) is 20.8 Å². The quantitative estimate of drug-likeness (QED) is 0.774. The second-order valence-corrected chi connectivity index (χ2v) is 4.97. The molecule has 2 rings (SSSR count). The van der Waals surface area contributed by atoms with Gasteiger partial charge in [0.15, 0.2) is 17.5 Å². The molecule has 0 fully saturated rings. The van der Waals surface area contributed by atoms with Crippen LogP contribution < -0.4 is 10.6 Å². The number of hydrogen-bond acceptors (Lipinski definition) is 5. The van der Waals surface area contributed by atoms with E-state index in [4.69, 9.17) is 4.52 Å². The minimum atomic E-state index is -1.19. The van der Waals surface area contributed by atoms with Crippen LogP contribution in [0.15, 0.2) is 22.7 Å². The van der Waals surface area contributed by atoms with E-state index in [-0.39, 0.29) is 18.0 Å². The van der Waals surface area contributed by atoms with Crippen molar-refractivity contribution in [2.75, 3.05) is 0 Å². The van der Waals surface area contributed by atoms with Crippen LogP contribution in [0.2, 0.25) is 0 Å². The fourth-order valence-corrected chi connectivity index (χ4v) is 1.89. The number of halogens is 2. The van der Waals surface area contributed by atoms with Gasteiger partial charge in [0.2, 0.25) is 5.89 Å². The maximum Gasteiger partial charge on any atom is 0.315 e. The summed E-state index contributed by atoms with van der Waals surface area (Å²) >= 11 is 0. The zero-order valence-electron chi connectivity index (χ0n) is 12.5. The topological polar surface area (TPSA) is 100 Å². The van der Waals surface area contributed by atoms with Crippen molar-refractivity contribution in [3.8, 4) is 0 Å². The number of aryl methyl sites for hydroxylation is 1. The van der Waals surface area contributed by atoms with Gasteiger partial charge in [0.25, 0.3) is 0 Å². The van der Waals surface area contributed by atoms with E-state index >= 15 is 0 Å². The van der Waals surface area contributed by atoms with Gasteiger partial charge in [-0.05, 0) is 31.5 Å². The first-order valence-corrected chi connectivity index (χ1v) is 6.83. The minimum Gasteiger partial charge on any atom is -0.386 e. The monoisotopic (exact) mass is 326 g/mol. The highest BCUT2D eigenvalue weighted by Gasteiger charge is 2.20. The van der Waals surface area contributed by atoms with Gasteiger partial charge in [0, 0.05) is 0 Å². The molecule has 9 heteroatoms. The van der Waals surface area contributed by atoms with Crippen LogP contribution in [-0.2, 0) is 6.54 Å². The number of benzene rings is 1. The van der Waals surface area contributed by atoms with Gasteiger partial charge in [0.05, 0.1) is 18.7 Å². The van der Waals surface area contributed by atoms with Crippen LogP contribution in [0.4, 0.5) is 13.6 Å². The van der Waals surface area contributed by atoms with E-state index in [1.54, 1.807) is 6.92 Å². The average Bonchev–Trinajstić information content (AvgIpc) is 2.93. The second kappa shape index (κ2) is 7.14. The third-order valence-corrected chi connectivity index (χ3v) is 3.09. The van der Waals surface area contributed by atoms with Crippen LogP contribution in [0, 0.1) is 18.6 Å². The van der Waals surface area contributed by atoms with Crippen molar-refractivity contribution in [1.82, 2.24) is 20.8 Å². The summed E-state index contributed by atoms with van der Waals surface area (Å²) in [5, 5.41) is 18.6. The predicted octanol–water partition coefficient (Wildman–Crippen LogP) is 1.58. The average molecular weight is 326 g/mol. The number of urea groups is 1. The SMILES string of the molecule is Cc1noc(CNC(=O)NC(C)C(O)c2ccc(F)c(F)c2)n1.